The number of pyridine rings is 1. The van der Waals surface area contributed by atoms with Gasteiger partial charge in [0.15, 0.2) is 5.13 Å². The molecule has 0 saturated carbocycles. The number of hydrogen-bond acceptors (Lipinski definition) is 6. The zero-order valence-electron chi connectivity index (χ0n) is 13.1. The van der Waals surface area contributed by atoms with Crippen molar-refractivity contribution < 1.29 is 14.3 Å². The molecule has 2 heterocycles. The van der Waals surface area contributed by atoms with Crippen molar-refractivity contribution in [1.29, 1.82) is 0 Å². The number of nitrogens with one attached hydrogen (secondary N) is 1. The molecular formula is C17H15N3O3S. The van der Waals surface area contributed by atoms with Crippen LogP contribution in [0.25, 0.3) is 11.4 Å². The molecule has 0 saturated heterocycles. The van der Waals surface area contributed by atoms with E-state index < -0.39 is 0 Å². The SMILES string of the molecule is COc1ccc(OC)c(C(=O)Nc2nc(-c3ccccn3)cs2)c1. The van der Waals surface area contributed by atoms with Crippen molar-refractivity contribution in [3.63, 3.8) is 0 Å². The molecule has 0 fully saturated rings. The van der Waals surface area contributed by atoms with E-state index in [-0.39, 0.29) is 5.91 Å². The maximum atomic E-state index is 12.5. The number of aromatic nitrogens is 2. The van der Waals surface area contributed by atoms with Crippen molar-refractivity contribution in [2.45, 2.75) is 0 Å². The Morgan fingerprint density at radius 3 is 2.71 bits per heavy atom. The topological polar surface area (TPSA) is 73.3 Å². The summed E-state index contributed by atoms with van der Waals surface area (Å²) < 4.78 is 10.4. The molecule has 3 aromatic rings. The molecule has 122 valence electrons. The molecule has 2 aromatic heterocycles. The fourth-order valence-electron chi connectivity index (χ4n) is 2.12. The summed E-state index contributed by atoms with van der Waals surface area (Å²) in [6.07, 6.45) is 1.70. The normalized spacial score (nSPS) is 10.2. The highest BCUT2D eigenvalue weighted by atomic mass is 32.1. The molecule has 0 aliphatic carbocycles. The van der Waals surface area contributed by atoms with Crippen molar-refractivity contribution in [3.05, 3.63) is 53.5 Å². The highest BCUT2D eigenvalue weighted by molar-refractivity contribution is 7.14. The van der Waals surface area contributed by atoms with E-state index in [4.69, 9.17) is 9.47 Å². The number of benzene rings is 1. The number of anilines is 1. The standard InChI is InChI=1S/C17H15N3O3S/c1-22-11-6-7-15(23-2)12(9-11)16(21)20-17-19-14(10-24-17)13-5-3-4-8-18-13/h3-10H,1-2H3,(H,19,20,21). The maximum Gasteiger partial charge on any atom is 0.261 e. The third-order valence-corrected chi connectivity index (χ3v) is 4.06. The number of rotatable bonds is 5. The molecular weight excluding hydrogens is 326 g/mol. The van der Waals surface area contributed by atoms with E-state index in [0.29, 0.717) is 27.9 Å². The lowest BCUT2D eigenvalue weighted by atomic mass is 10.1. The number of carbonyl (C=O) groups excluding carboxylic acids is 1. The molecule has 0 spiro atoms. The Balaban J connectivity index is 1.82. The Morgan fingerprint density at radius 2 is 2.00 bits per heavy atom. The third-order valence-electron chi connectivity index (χ3n) is 3.30. The molecule has 24 heavy (non-hydrogen) atoms. The lowest BCUT2D eigenvalue weighted by molar-refractivity contribution is 0.102. The molecule has 1 N–H and O–H groups in total. The molecule has 1 aromatic carbocycles. The minimum absolute atomic E-state index is 0.312. The number of nitrogens with zero attached hydrogens (tertiary/aromatic N) is 2. The minimum atomic E-state index is -0.312. The molecule has 3 rings (SSSR count). The van der Waals surface area contributed by atoms with E-state index in [1.807, 2.05) is 23.6 Å². The largest absolute Gasteiger partial charge is 0.497 e. The molecule has 0 aliphatic rings. The highest BCUT2D eigenvalue weighted by Crippen LogP contribution is 2.27. The van der Waals surface area contributed by atoms with Gasteiger partial charge in [-0.15, -0.1) is 11.3 Å². The fraction of sp³-hybridized carbons (Fsp3) is 0.118. The quantitative estimate of drug-likeness (QED) is 0.769. The first-order valence-corrected chi connectivity index (χ1v) is 7.99. The van der Waals surface area contributed by atoms with Gasteiger partial charge < -0.3 is 9.47 Å². The number of thiazole rings is 1. The van der Waals surface area contributed by atoms with Crippen molar-refractivity contribution in [1.82, 2.24) is 9.97 Å². The Labute approximate surface area is 143 Å². The van der Waals surface area contributed by atoms with E-state index in [1.54, 1.807) is 31.5 Å². The van der Waals surface area contributed by atoms with E-state index in [9.17, 15) is 4.79 Å². The average Bonchev–Trinajstić information content (AvgIpc) is 3.10. The van der Waals surface area contributed by atoms with Gasteiger partial charge in [0.05, 0.1) is 25.5 Å². The summed E-state index contributed by atoms with van der Waals surface area (Å²) in [5.74, 6) is 0.733. The van der Waals surface area contributed by atoms with Gasteiger partial charge in [0.25, 0.3) is 5.91 Å². The van der Waals surface area contributed by atoms with Gasteiger partial charge in [-0.25, -0.2) is 4.98 Å². The van der Waals surface area contributed by atoms with Crippen LogP contribution in [0.5, 0.6) is 11.5 Å². The second-order valence-electron chi connectivity index (χ2n) is 4.77. The van der Waals surface area contributed by atoms with Gasteiger partial charge in [0.2, 0.25) is 0 Å². The number of methoxy groups -OCH3 is 2. The second-order valence-corrected chi connectivity index (χ2v) is 5.63. The van der Waals surface area contributed by atoms with Crippen LogP contribution in [-0.2, 0) is 0 Å². The van der Waals surface area contributed by atoms with Crippen LogP contribution in [-0.4, -0.2) is 30.1 Å². The van der Waals surface area contributed by atoms with Gasteiger partial charge in [-0.2, -0.15) is 0 Å². The van der Waals surface area contributed by atoms with Crippen molar-refractivity contribution in [3.8, 4) is 22.9 Å². The monoisotopic (exact) mass is 341 g/mol. The van der Waals surface area contributed by atoms with Crippen LogP contribution in [0.4, 0.5) is 5.13 Å². The van der Waals surface area contributed by atoms with Crippen LogP contribution in [0.15, 0.2) is 48.0 Å². The Morgan fingerprint density at radius 1 is 1.12 bits per heavy atom. The van der Waals surface area contributed by atoms with Crippen LogP contribution in [0.1, 0.15) is 10.4 Å². The molecule has 0 radical (unpaired) electrons. The summed E-state index contributed by atoms with van der Waals surface area (Å²) in [5.41, 5.74) is 1.85. The molecule has 0 aliphatic heterocycles. The third kappa shape index (κ3) is 3.36. The average molecular weight is 341 g/mol. The number of hydrogen-bond donors (Lipinski definition) is 1. The van der Waals surface area contributed by atoms with Gasteiger partial charge in [0.1, 0.15) is 17.2 Å². The van der Waals surface area contributed by atoms with Crippen molar-refractivity contribution in [2.24, 2.45) is 0 Å². The van der Waals surface area contributed by atoms with E-state index in [1.165, 1.54) is 18.4 Å². The summed E-state index contributed by atoms with van der Waals surface area (Å²) in [6, 6.07) is 10.6. The van der Waals surface area contributed by atoms with Crippen LogP contribution < -0.4 is 14.8 Å². The van der Waals surface area contributed by atoms with E-state index >= 15 is 0 Å². The lowest BCUT2D eigenvalue weighted by Gasteiger charge is -2.09. The molecule has 0 atom stereocenters. The maximum absolute atomic E-state index is 12.5. The summed E-state index contributed by atoms with van der Waals surface area (Å²) in [7, 11) is 3.06. The highest BCUT2D eigenvalue weighted by Gasteiger charge is 2.16. The molecule has 7 heteroatoms. The first-order chi connectivity index (χ1) is 11.7. The van der Waals surface area contributed by atoms with Gasteiger partial charge in [0, 0.05) is 11.6 Å². The van der Waals surface area contributed by atoms with Crippen LogP contribution in [0.2, 0.25) is 0 Å². The lowest BCUT2D eigenvalue weighted by Crippen LogP contribution is -2.13. The van der Waals surface area contributed by atoms with E-state index in [2.05, 4.69) is 15.3 Å². The number of carbonyl (C=O) groups is 1. The first-order valence-electron chi connectivity index (χ1n) is 7.11. The fourth-order valence-corrected chi connectivity index (χ4v) is 2.82. The Kier molecular flexibility index (Phi) is 4.72. The molecule has 1 amide bonds. The van der Waals surface area contributed by atoms with Crippen LogP contribution in [0, 0.1) is 0 Å². The number of amides is 1. The second kappa shape index (κ2) is 7.10. The first kappa shape index (κ1) is 15.9. The summed E-state index contributed by atoms with van der Waals surface area (Å²) >= 11 is 1.34. The predicted molar refractivity (Wildman–Crippen MR) is 92.8 cm³/mol. The van der Waals surface area contributed by atoms with Crippen molar-refractivity contribution >= 4 is 22.4 Å². The summed E-state index contributed by atoms with van der Waals surface area (Å²) in [6.45, 7) is 0. The zero-order valence-corrected chi connectivity index (χ0v) is 14.0. The Hall–Kier alpha value is -2.93. The van der Waals surface area contributed by atoms with Gasteiger partial charge in [-0.3, -0.25) is 15.1 Å². The minimum Gasteiger partial charge on any atom is -0.497 e. The predicted octanol–water partition coefficient (Wildman–Crippen LogP) is 3.47. The Bertz CT molecular complexity index is 849. The molecule has 0 bridgehead atoms. The summed E-state index contributed by atoms with van der Waals surface area (Å²) in [4.78, 5) is 21.2. The smallest absolute Gasteiger partial charge is 0.261 e. The van der Waals surface area contributed by atoms with E-state index in [0.717, 1.165) is 5.69 Å². The van der Waals surface area contributed by atoms with Crippen LogP contribution in [0.3, 0.4) is 0 Å². The number of ether oxygens (including phenoxy) is 2. The van der Waals surface area contributed by atoms with Gasteiger partial charge in [-0.1, -0.05) is 6.07 Å². The zero-order chi connectivity index (χ0) is 16.9. The van der Waals surface area contributed by atoms with Crippen LogP contribution >= 0.6 is 11.3 Å². The van der Waals surface area contributed by atoms with Gasteiger partial charge >= 0.3 is 0 Å². The molecule has 6 nitrogen and oxygen atoms in total. The van der Waals surface area contributed by atoms with Gasteiger partial charge in [-0.05, 0) is 30.3 Å². The summed E-state index contributed by atoms with van der Waals surface area (Å²) in [5, 5.41) is 5.12. The van der Waals surface area contributed by atoms with Crippen molar-refractivity contribution in [2.75, 3.05) is 19.5 Å². The molecule has 0 unspecified atom stereocenters.